The number of aliphatic hydroxyl groups excluding tert-OH is 1. The minimum Gasteiger partial charge on any atom is -0.453 e. The first-order chi connectivity index (χ1) is 9.36. The fraction of sp³-hybridized carbons (Fsp3) is 0.857. The summed E-state index contributed by atoms with van der Waals surface area (Å²) in [6.07, 6.45) is 0.587. The summed E-state index contributed by atoms with van der Waals surface area (Å²) in [5.41, 5.74) is 0. The highest BCUT2D eigenvalue weighted by Gasteiger charge is 2.52. The van der Waals surface area contributed by atoms with E-state index in [1.807, 2.05) is 20.8 Å². The molecule has 0 radical (unpaired) electrons. The van der Waals surface area contributed by atoms with Gasteiger partial charge < -0.3 is 20.1 Å². The van der Waals surface area contributed by atoms with E-state index in [4.69, 9.17) is 0 Å². The number of hydrogen-bond donors (Lipinski definition) is 2. The molecule has 0 spiro atoms. The predicted octanol–water partition coefficient (Wildman–Crippen LogP) is 0.737. The smallest absolute Gasteiger partial charge is 0.407 e. The number of rotatable bonds is 3. The number of carbonyl (C=O) groups is 2. The summed E-state index contributed by atoms with van der Waals surface area (Å²) in [5.74, 6) is 0.208. The molecule has 1 saturated carbocycles. The number of alkyl carbamates (subject to hydrolysis) is 1. The second kappa shape index (κ2) is 5.60. The zero-order valence-corrected chi connectivity index (χ0v) is 12.5. The van der Waals surface area contributed by atoms with E-state index in [-0.39, 0.29) is 23.9 Å². The van der Waals surface area contributed by atoms with E-state index in [1.165, 1.54) is 7.11 Å². The second-order valence-corrected chi connectivity index (χ2v) is 6.21. The standard InChI is InChI=1S/C14H24N2O4/c1-7(2)12(15-14(19)20-4)13(18)16-8(3)9-5-10(16)11(17)6-9/h7-12,17H,5-6H2,1-4H3,(H,15,19)/t8-,9-,10+,11+,12+/m1/s1. The molecule has 0 aromatic carbocycles. The highest BCUT2D eigenvalue weighted by atomic mass is 16.5. The molecule has 20 heavy (non-hydrogen) atoms. The molecule has 6 heteroatoms. The summed E-state index contributed by atoms with van der Waals surface area (Å²) in [6.45, 7) is 5.78. The highest BCUT2D eigenvalue weighted by Crippen LogP contribution is 2.42. The molecule has 2 N–H and O–H groups in total. The third kappa shape index (κ3) is 2.49. The Morgan fingerprint density at radius 2 is 2.00 bits per heavy atom. The Hall–Kier alpha value is -1.30. The van der Waals surface area contributed by atoms with Crippen LogP contribution in [0.25, 0.3) is 0 Å². The van der Waals surface area contributed by atoms with Crippen molar-refractivity contribution in [3.63, 3.8) is 0 Å². The minimum atomic E-state index is -0.614. The number of hydrogen-bond acceptors (Lipinski definition) is 4. The lowest BCUT2D eigenvalue weighted by atomic mass is 9.96. The molecule has 2 rings (SSSR count). The Labute approximate surface area is 119 Å². The average Bonchev–Trinajstić information content (AvgIpc) is 2.91. The molecule has 0 aromatic rings. The van der Waals surface area contributed by atoms with Crippen molar-refractivity contribution >= 4 is 12.0 Å². The van der Waals surface area contributed by atoms with Gasteiger partial charge in [-0.05, 0) is 31.6 Å². The average molecular weight is 284 g/mol. The number of piperidine rings is 1. The molecule has 1 saturated heterocycles. The number of carbonyl (C=O) groups excluding carboxylic acids is 2. The van der Waals surface area contributed by atoms with Gasteiger partial charge in [-0.25, -0.2) is 4.79 Å². The van der Waals surface area contributed by atoms with Crippen LogP contribution in [0.5, 0.6) is 0 Å². The van der Waals surface area contributed by atoms with Gasteiger partial charge in [0, 0.05) is 6.04 Å². The van der Waals surface area contributed by atoms with Crippen LogP contribution in [0.15, 0.2) is 0 Å². The van der Waals surface area contributed by atoms with Crippen molar-refractivity contribution in [3.05, 3.63) is 0 Å². The van der Waals surface area contributed by atoms with Crippen LogP contribution in [0, 0.1) is 11.8 Å². The van der Waals surface area contributed by atoms with Crippen LogP contribution in [0.3, 0.4) is 0 Å². The molecule has 5 atom stereocenters. The van der Waals surface area contributed by atoms with Gasteiger partial charge in [-0.2, -0.15) is 0 Å². The third-order valence-electron chi connectivity index (χ3n) is 4.66. The van der Waals surface area contributed by atoms with E-state index in [0.717, 1.165) is 12.8 Å². The van der Waals surface area contributed by atoms with Crippen molar-refractivity contribution in [2.45, 2.75) is 57.8 Å². The zero-order valence-electron chi connectivity index (χ0n) is 12.5. The van der Waals surface area contributed by atoms with Gasteiger partial charge in [-0.3, -0.25) is 4.79 Å². The maximum atomic E-state index is 12.7. The number of ether oxygens (including phenoxy) is 1. The monoisotopic (exact) mass is 284 g/mol. The Morgan fingerprint density at radius 3 is 2.50 bits per heavy atom. The molecule has 1 heterocycles. The van der Waals surface area contributed by atoms with Crippen molar-refractivity contribution in [2.75, 3.05) is 7.11 Å². The van der Waals surface area contributed by atoms with E-state index in [2.05, 4.69) is 10.1 Å². The molecule has 0 aromatic heterocycles. The van der Waals surface area contributed by atoms with Crippen molar-refractivity contribution in [1.29, 1.82) is 0 Å². The number of aliphatic hydroxyl groups is 1. The molecule has 114 valence electrons. The lowest BCUT2D eigenvalue weighted by Gasteiger charge is -2.38. The van der Waals surface area contributed by atoms with E-state index < -0.39 is 18.2 Å². The molecular formula is C14H24N2O4. The Bertz CT molecular complexity index is 399. The van der Waals surface area contributed by atoms with Crippen LogP contribution >= 0.6 is 0 Å². The maximum absolute atomic E-state index is 12.7. The number of nitrogens with zero attached hydrogens (tertiary/aromatic N) is 1. The Balaban J connectivity index is 2.13. The Morgan fingerprint density at radius 1 is 1.35 bits per heavy atom. The lowest BCUT2D eigenvalue weighted by Crippen LogP contribution is -2.57. The van der Waals surface area contributed by atoms with Gasteiger partial charge >= 0.3 is 6.09 Å². The number of nitrogens with one attached hydrogen (secondary N) is 1. The summed E-state index contributed by atoms with van der Waals surface area (Å²) >= 11 is 0. The highest BCUT2D eigenvalue weighted by molar-refractivity contribution is 5.86. The fourth-order valence-electron chi connectivity index (χ4n) is 3.48. The van der Waals surface area contributed by atoms with Gasteiger partial charge in [0.15, 0.2) is 0 Å². The second-order valence-electron chi connectivity index (χ2n) is 6.21. The first-order valence-electron chi connectivity index (χ1n) is 7.21. The molecule has 6 nitrogen and oxygen atoms in total. The van der Waals surface area contributed by atoms with Gasteiger partial charge in [-0.15, -0.1) is 0 Å². The molecule has 2 bridgehead atoms. The molecule has 1 aliphatic carbocycles. The first kappa shape index (κ1) is 15.1. The van der Waals surface area contributed by atoms with Crippen LogP contribution in [0.4, 0.5) is 4.79 Å². The van der Waals surface area contributed by atoms with Gasteiger partial charge in [-0.1, -0.05) is 13.8 Å². The van der Waals surface area contributed by atoms with Crippen molar-refractivity contribution in [1.82, 2.24) is 10.2 Å². The van der Waals surface area contributed by atoms with Gasteiger partial charge in [0.25, 0.3) is 0 Å². The van der Waals surface area contributed by atoms with Gasteiger partial charge in [0.05, 0.1) is 19.3 Å². The fourth-order valence-corrected chi connectivity index (χ4v) is 3.48. The zero-order chi connectivity index (χ0) is 15.0. The third-order valence-corrected chi connectivity index (χ3v) is 4.66. The normalized spacial score (nSPS) is 33.4. The summed E-state index contributed by atoms with van der Waals surface area (Å²) in [4.78, 5) is 25.9. The number of amides is 2. The molecule has 2 amide bonds. The van der Waals surface area contributed by atoms with Crippen LogP contribution in [-0.4, -0.2) is 53.3 Å². The Kier molecular flexibility index (Phi) is 4.22. The lowest BCUT2D eigenvalue weighted by molar-refractivity contribution is -0.141. The topological polar surface area (TPSA) is 78.9 Å². The molecule has 0 unspecified atom stereocenters. The molecular weight excluding hydrogens is 260 g/mol. The largest absolute Gasteiger partial charge is 0.453 e. The summed E-state index contributed by atoms with van der Waals surface area (Å²) in [5, 5.41) is 12.6. The van der Waals surface area contributed by atoms with Crippen molar-refractivity contribution in [2.24, 2.45) is 11.8 Å². The summed E-state index contributed by atoms with van der Waals surface area (Å²) < 4.78 is 4.58. The van der Waals surface area contributed by atoms with E-state index >= 15 is 0 Å². The molecule has 1 aliphatic heterocycles. The van der Waals surface area contributed by atoms with E-state index in [1.54, 1.807) is 4.90 Å². The van der Waals surface area contributed by atoms with Crippen molar-refractivity contribution in [3.8, 4) is 0 Å². The number of methoxy groups -OCH3 is 1. The van der Waals surface area contributed by atoms with Crippen LogP contribution < -0.4 is 5.32 Å². The molecule has 2 fully saturated rings. The summed E-state index contributed by atoms with van der Waals surface area (Å²) in [6, 6.07) is -0.601. The van der Waals surface area contributed by atoms with Crippen LogP contribution in [0.2, 0.25) is 0 Å². The van der Waals surface area contributed by atoms with Crippen LogP contribution in [0.1, 0.15) is 33.6 Å². The van der Waals surface area contributed by atoms with E-state index in [9.17, 15) is 14.7 Å². The predicted molar refractivity (Wildman–Crippen MR) is 73.0 cm³/mol. The van der Waals surface area contributed by atoms with Gasteiger partial charge in [0.1, 0.15) is 6.04 Å². The van der Waals surface area contributed by atoms with Crippen LogP contribution in [-0.2, 0) is 9.53 Å². The van der Waals surface area contributed by atoms with E-state index in [0.29, 0.717) is 5.92 Å². The quantitative estimate of drug-likeness (QED) is 0.801. The summed E-state index contributed by atoms with van der Waals surface area (Å²) in [7, 11) is 1.28. The van der Waals surface area contributed by atoms with Crippen molar-refractivity contribution < 1.29 is 19.4 Å². The van der Waals surface area contributed by atoms with Gasteiger partial charge in [0.2, 0.25) is 5.91 Å². The maximum Gasteiger partial charge on any atom is 0.407 e. The first-order valence-corrected chi connectivity index (χ1v) is 7.21. The minimum absolute atomic E-state index is 0.0370. The number of likely N-dealkylation sites (tertiary alicyclic amines) is 1. The number of fused-ring (bicyclic) bond motifs is 2. The molecule has 2 aliphatic rings. The SMILES string of the molecule is COC(=O)N[C@H](C(=O)N1[C@H](C)[C@H]2C[C@H](O)[C@@H]1C2)C(C)C.